The van der Waals surface area contributed by atoms with Crippen molar-refractivity contribution in [2.45, 2.75) is 124 Å². The maximum absolute atomic E-state index is 12.7. The second-order valence-electron chi connectivity index (χ2n) is 33.4. The van der Waals surface area contributed by atoms with Crippen LogP contribution in [0, 0.1) is 56.7 Å². The fourth-order valence-electron chi connectivity index (χ4n) is 17.3. The molecule has 149 heavy (non-hydrogen) atoms. The van der Waals surface area contributed by atoms with Gasteiger partial charge in [-0.25, -0.2) is 42.9 Å². The number of rotatable bonds is 33. The number of aliphatic hydroxyl groups is 1. The van der Waals surface area contributed by atoms with Crippen molar-refractivity contribution in [1.29, 1.82) is 26.3 Å². The Bertz CT molecular complexity index is 8160. The molecule has 0 spiro atoms. The summed E-state index contributed by atoms with van der Waals surface area (Å²) in [5.41, 5.74) is 14.2. The summed E-state index contributed by atoms with van der Waals surface area (Å²) >= 11 is 0. The van der Waals surface area contributed by atoms with Gasteiger partial charge in [-0.2, -0.15) is 52.7 Å². The first-order chi connectivity index (χ1) is 71.1. The zero-order valence-electron chi connectivity index (χ0n) is 80.7. The van der Waals surface area contributed by atoms with Gasteiger partial charge in [0, 0.05) is 95.3 Å². The number of hydrogen-bond acceptors (Lipinski definition) is 21. The first-order valence-corrected chi connectivity index (χ1v) is 52.9. The molecule has 2 fully saturated rings. The summed E-state index contributed by atoms with van der Waals surface area (Å²) in [6.07, 6.45) is -1.05. The van der Waals surface area contributed by atoms with Crippen LogP contribution in [0.25, 0.3) is 111 Å². The highest BCUT2D eigenvalue weighted by atomic mass is 32.2. The number of hydrogen-bond donors (Lipinski definition) is 5. The molecular formula is C104H97F10N15O16S4. The molecule has 1 saturated heterocycles. The monoisotopic (exact) mass is 2130 g/mol. The van der Waals surface area contributed by atoms with Gasteiger partial charge in [-0.15, -0.1) is 13.2 Å². The number of methoxy groups -OCH3 is 1. The fourth-order valence-corrected chi connectivity index (χ4v) is 21.8. The Morgan fingerprint density at radius 2 is 0.919 bits per heavy atom. The number of sulfonamides is 4. The summed E-state index contributed by atoms with van der Waals surface area (Å²) < 4.78 is 264. The minimum absolute atomic E-state index is 0.0136. The van der Waals surface area contributed by atoms with Crippen LogP contribution in [0.5, 0.6) is 28.7 Å². The largest absolute Gasteiger partial charge is 0.573 e. The number of nitrogens with one attached hydrogen (secondary N) is 4. The molecule has 5 N–H and O–H groups in total. The van der Waals surface area contributed by atoms with Gasteiger partial charge in [-0.3, -0.25) is 23.4 Å². The number of anilines is 5. The minimum Gasteiger partial charge on any atom is -0.497 e. The number of aromatic amines is 1. The van der Waals surface area contributed by atoms with Crippen LogP contribution in [0.2, 0.25) is 0 Å². The van der Waals surface area contributed by atoms with Gasteiger partial charge in [-0.1, -0.05) is 62.4 Å². The Labute approximate surface area is 850 Å². The zero-order valence-corrected chi connectivity index (χ0v) is 84.0. The predicted octanol–water partition coefficient (Wildman–Crippen LogP) is 22.5. The highest BCUT2D eigenvalue weighted by Crippen LogP contribution is 2.44. The molecule has 1 aliphatic heterocycles. The lowest BCUT2D eigenvalue weighted by atomic mass is 10.1. The van der Waals surface area contributed by atoms with Gasteiger partial charge in [0.05, 0.1) is 144 Å². The molecule has 5 aromatic heterocycles. The smallest absolute Gasteiger partial charge is 0.497 e. The fraction of sp³-hybridized carbons (Fsp3) is 0.269. The minimum atomic E-state index is -4.81. The number of fused-ring (bicyclic) bond motifs is 5. The highest BCUT2D eigenvalue weighted by molar-refractivity contribution is 7.94. The Kier molecular flexibility index (Phi) is 35.2. The number of aliphatic hydroxyl groups excluding tert-OH is 1. The maximum atomic E-state index is 12.7. The quantitative estimate of drug-likeness (QED) is 0.0238. The van der Waals surface area contributed by atoms with Crippen molar-refractivity contribution in [2.24, 2.45) is 0 Å². The van der Waals surface area contributed by atoms with E-state index < -0.39 is 84.8 Å². The van der Waals surface area contributed by atoms with Gasteiger partial charge >= 0.3 is 32.3 Å². The summed E-state index contributed by atoms with van der Waals surface area (Å²) in [5.74, 6) is 0.440. The molecule has 17 rings (SSSR count). The summed E-state index contributed by atoms with van der Waals surface area (Å²) in [7, 11) is -12.0. The van der Waals surface area contributed by atoms with Crippen molar-refractivity contribution >= 4 is 129 Å². The molecule has 1 amide bonds. The van der Waals surface area contributed by atoms with Gasteiger partial charge in [-0.05, 0) is 220 Å². The standard InChI is InChI=1S/C22H20F3N3O3.C22H21F2N3O3S.C21H23N3O4S.C20H19F2N3O3S.C19H14F3N3O3S/c1-2-10-28-19-12-16(31-21(24)25)7-8-17(19)18(13-26)20(28)14-3-5-15(6-4-14)27-22(29)30-11-9-23;1-2-11-27-20-12-16(30-22(23)24)7-10-18(20)19(13-25)21(27)14-3-5-15(6-4-14)26-31(28,29)17-8-9-17;1-4-23-20-13-17(28-2)9-10-18(20)19(14-22)21(23)15-5-7-16(8-6-15)24(11-12-25)29(3,26)27;1-3-25-18-11-14(24-29(26,27)4-2)7-10-16(18)17(12-23)19(25)13-5-8-15(9-6-13)28-20(21)22;20-19(21,22)28-14-6-7-15-16(11-23)18(24-17(15)10-14)12-2-4-13(5-3-12)25-8-1-9-29(25,26)27/h3-8,12,21H,2,9-11H2,1H3,(H,27,29);3-7,10,12,17,22,26H,2,8-9,11H2,1H3;5-10,13,25H,4,11-12H2,1-3H3;5-11,20,24H,3-4H2,1-2H3;2-7,10,24H,1,8-9H2. The summed E-state index contributed by atoms with van der Waals surface area (Å²) in [6.45, 7) is 1.94. The molecule has 778 valence electrons. The topological polar surface area (TPSA) is 426 Å². The second-order valence-corrected chi connectivity index (χ2v) is 41.3. The molecule has 45 heteroatoms. The SMILES string of the molecule is CCCn1c(-c2ccc(NC(=O)OCCF)cc2)c(C#N)c2ccc(OC(F)F)cc21.CCCn1c(-c2ccc(NS(=O)(=O)C3CC3)cc2)c(C#N)c2ccc(OC(F)F)cc21.CCn1c(-c2ccc(N(CCO)S(C)(=O)=O)cc2)c(C#N)c2ccc(OC)cc21.CCn1c(-c2ccc(OC(F)F)cc2)c(C#N)c2ccc(NS(=O)(=O)CC)cc21.N#Cc1c(-c2ccc(N3CCCS3(=O)=O)cc2)[nH]c2cc(OC(F)(F)F)ccc12. The van der Waals surface area contributed by atoms with E-state index in [0.717, 1.165) is 57.2 Å². The number of halogens is 10. The van der Waals surface area contributed by atoms with E-state index in [9.17, 15) is 114 Å². The van der Waals surface area contributed by atoms with Gasteiger partial charge in [0.1, 0.15) is 72.4 Å². The molecule has 1 aliphatic carbocycles. The third-order valence-electron chi connectivity index (χ3n) is 23.7. The van der Waals surface area contributed by atoms with E-state index in [0.29, 0.717) is 192 Å². The second kappa shape index (κ2) is 47.6. The molecule has 2 aliphatic rings. The Hall–Kier alpha value is -16.1. The molecule has 31 nitrogen and oxygen atoms in total. The van der Waals surface area contributed by atoms with E-state index in [4.69, 9.17) is 4.74 Å². The van der Waals surface area contributed by atoms with Gasteiger partial charge in [0.2, 0.25) is 40.1 Å². The molecule has 15 aromatic rings. The van der Waals surface area contributed by atoms with E-state index in [2.05, 4.69) is 73.8 Å². The Balaban J connectivity index is 0.000000155. The normalized spacial score (nSPS) is 12.8. The van der Waals surface area contributed by atoms with Crippen molar-refractivity contribution in [3.63, 3.8) is 0 Å². The number of nitriles is 5. The van der Waals surface area contributed by atoms with Crippen LogP contribution in [0.1, 0.15) is 94.5 Å². The molecule has 1 saturated carbocycles. The molecular weight excluding hydrogens is 2030 g/mol. The number of benzene rings is 10. The molecule has 6 heterocycles. The van der Waals surface area contributed by atoms with Crippen LogP contribution in [0.4, 0.5) is 77.1 Å². The summed E-state index contributed by atoms with van der Waals surface area (Å²) in [4.78, 5) is 14.5. The van der Waals surface area contributed by atoms with Crippen LogP contribution >= 0.6 is 0 Å². The van der Waals surface area contributed by atoms with Gasteiger partial charge in [0.15, 0.2) is 0 Å². The Morgan fingerprint density at radius 3 is 1.34 bits per heavy atom. The number of amides is 1. The number of alkyl halides is 10. The molecule has 0 radical (unpaired) electrons. The van der Waals surface area contributed by atoms with E-state index in [1.54, 1.807) is 154 Å². The number of H-pyrrole nitrogens is 1. The highest BCUT2D eigenvalue weighted by Gasteiger charge is 2.37. The third-order valence-corrected chi connectivity index (χ3v) is 30.0. The first kappa shape index (κ1) is 110. The van der Waals surface area contributed by atoms with Gasteiger partial charge in [0.25, 0.3) is 0 Å². The lowest BCUT2D eigenvalue weighted by Gasteiger charge is -2.21. The molecule has 0 unspecified atom stereocenters. The van der Waals surface area contributed by atoms with Crippen LogP contribution < -0.4 is 47.1 Å². The van der Waals surface area contributed by atoms with E-state index in [1.807, 2.05) is 64.2 Å². The zero-order chi connectivity index (χ0) is 108. The average Bonchev–Trinajstić information content (AvgIpc) is 1.61. The molecule has 0 bridgehead atoms. The van der Waals surface area contributed by atoms with E-state index >= 15 is 0 Å². The van der Waals surface area contributed by atoms with Crippen molar-refractivity contribution in [1.82, 2.24) is 23.3 Å². The molecule has 10 aromatic carbocycles. The van der Waals surface area contributed by atoms with Crippen LogP contribution in [0.3, 0.4) is 0 Å². The van der Waals surface area contributed by atoms with Gasteiger partial charge < -0.3 is 56.8 Å². The van der Waals surface area contributed by atoms with Crippen LogP contribution in [-0.2, 0) is 71.0 Å². The third kappa shape index (κ3) is 25.8. The number of carbonyl (C=O) groups excluding carboxylic acids is 1. The van der Waals surface area contributed by atoms with Crippen molar-refractivity contribution in [3.8, 4) is 115 Å². The average molecular weight is 2130 g/mol. The summed E-state index contributed by atoms with van der Waals surface area (Å²) in [5, 5.41) is 63.4. The predicted molar refractivity (Wildman–Crippen MR) is 546 cm³/mol. The number of aryl methyl sites for hydroxylation is 4. The van der Waals surface area contributed by atoms with Crippen LogP contribution in [0.15, 0.2) is 212 Å². The number of aromatic nitrogens is 5. The first-order valence-electron chi connectivity index (χ1n) is 46.2. The van der Waals surface area contributed by atoms with E-state index in [-0.39, 0.29) is 59.3 Å². The maximum Gasteiger partial charge on any atom is 0.573 e. The number of carbonyl (C=O) groups is 1. The number of nitrogens with zero attached hydrogens (tertiary/aromatic N) is 11. The lowest BCUT2D eigenvalue weighted by molar-refractivity contribution is -0.274. The van der Waals surface area contributed by atoms with Crippen molar-refractivity contribution < 1.29 is 116 Å². The number of ether oxygens (including phenoxy) is 6. The van der Waals surface area contributed by atoms with Crippen molar-refractivity contribution in [3.05, 3.63) is 240 Å². The van der Waals surface area contributed by atoms with Crippen LogP contribution in [-0.4, -0.2) is 157 Å². The molecule has 0 atom stereocenters. The van der Waals surface area contributed by atoms with Crippen molar-refractivity contribution in [2.75, 3.05) is 81.2 Å². The lowest BCUT2D eigenvalue weighted by Crippen LogP contribution is -2.32. The Morgan fingerprint density at radius 1 is 0.510 bits per heavy atom. The summed E-state index contributed by atoms with van der Waals surface area (Å²) in [6, 6.07) is 67.6. The van der Waals surface area contributed by atoms with E-state index in [1.165, 1.54) is 52.8 Å².